The monoisotopic (exact) mass is 467 g/mol. The van der Waals surface area contributed by atoms with Crippen molar-refractivity contribution < 1.29 is 8.78 Å². The van der Waals surface area contributed by atoms with Crippen LogP contribution in [0.15, 0.2) is 51.6 Å². The average Bonchev–Trinajstić information content (AvgIpc) is 3.62. The summed E-state index contributed by atoms with van der Waals surface area (Å²) in [6.45, 7) is 3.28. The van der Waals surface area contributed by atoms with E-state index < -0.39 is 24.2 Å². The fourth-order valence-corrected chi connectivity index (χ4v) is 4.08. The second-order valence-corrected chi connectivity index (χ2v) is 7.86. The molecule has 1 aromatic carbocycles. The van der Waals surface area contributed by atoms with Gasteiger partial charge in [0.2, 0.25) is 0 Å². The zero-order chi connectivity index (χ0) is 24.4. The van der Waals surface area contributed by atoms with Gasteiger partial charge >= 0.3 is 5.69 Å². The molecule has 9 nitrogen and oxygen atoms in total. The second kappa shape index (κ2) is 9.38. The maximum Gasteiger partial charge on any atom is 0.325 e. The van der Waals surface area contributed by atoms with Crippen LogP contribution < -0.4 is 22.1 Å². The van der Waals surface area contributed by atoms with E-state index in [1.54, 1.807) is 25.2 Å². The summed E-state index contributed by atoms with van der Waals surface area (Å²) >= 11 is 0. The van der Waals surface area contributed by atoms with Crippen LogP contribution in [0.5, 0.6) is 0 Å². The zero-order valence-corrected chi connectivity index (χ0v) is 18.3. The number of hydrogen-bond donors (Lipinski definition) is 4. The standard InChI is InChI=1S/C23H23F2N7O2/c1-3-32-21(27-2)16(8-19(31-32)17-10-29-23(34)30-22(17)33)15-7-14(15)12-4-5-13(9-26)18(6-12)28-11-20(24)25/h3-6,8-10,14-15,20,26,28H,1,7,11H2,2H3,(H2,29,30,33,34)/t14?,15-/m1/s1. The molecular weight excluding hydrogens is 444 g/mol. The minimum absolute atomic E-state index is 0.0438. The van der Waals surface area contributed by atoms with Crippen molar-refractivity contribution in [3.8, 4) is 11.3 Å². The van der Waals surface area contributed by atoms with Crippen molar-refractivity contribution in [2.24, 2.45) is 4.99 Å². The molecule has 1 aliphatic rings. The van der Waals surface area contributed by atoms with E-state index >= 15 is 0 Å². The first-order valence-corrected chi connectivity index (χ1v) is 10.5. The summed E-state index contributed by atoms with van der Waals surface area (Å²) in [6.07, 6.45) is 2.19. The van der Waals surface area contributed by atoms with E-state index in [9.17, 15) is 18.4 Å². The van der Waals surface area contributed by atoms with Crippen LogP contribution in [0.25, 0.3) is 17.5 Å². The van der Waals surface area contributed by atoms with E-state index in [0.717, 1.165) is 23.8 Å². The lowest BCUT2D eigenvalue weighted by Gasteiger charge is -2.12. The lowest BCUT2D eigenvalue weighted by Crippen LogP contribution is -2.27. The second-order valence-electron chi connectivity index (χ2n) is 7.86. The Balaban J connectivity index is 1.74. The quantitative estimate of drug-likeness (QED) is 0.379. The molecule has 2 aromatic heterocycles. The van der Waals surface area contributed by atoms with Crippen LogP contribution in [0.3, 0.4) is 0 Å². The maximum atomic E-state index is 12.7. The first-order chi connectivity index (χ1) is 16.4. The molecule has 0 spiro atoms. The average molecular weight is 467 g/mol. The molecule has 0 bridgehead atoms. The van der Waals surface area contributed by atoms with Gasteiger partial charge in [0, 0.05) is 42.5 Å². The SMILES string of the molecule is C=Cn1nc(-c2c[nH]c(=O)[nH]c2=O)cc([C@@H]2CC2c2ccc(C=N)c(NCC(F)F)c2)c1=NC. The molecule has 1 saturated carbocycles. The number of H-pyrrole nitrogens is 2. The van der Waals surface area contributed by atoms with Gasteiger partial charge in [-0.05, 0) is 36.0 Å². The smallest absolute Gasteiger partial charge is 0.325 e. The minimum Gasteiger partial charge on any atom is -0.379 e. The first kappa shape index (κ1) is 23.0. The number of anilines is 1. The first-order valence-electron chi connectivity index (χ1n) is 10.5. The normalized spacial score (nSPS) is 17.6. The molecule has 1 fully saturated rings. The molecule has 3 aromatic rings. The summed E-state index contributed by atoms with van der Waals surface area (Å²) in [5.41, 5.74) is 2.75. The van der Waals surface area contributed by atoms with Crippen LogP contribution in [-0.4, -0.2) is 46.0 Å². The van der Waals surface area contributed by atoms with E-state index in [1.807, 2.05) is 6.07 Å². The number of aromatic amines is 2. The molecule has 11 heteroatoms. The molecule has 1 aliphatic carbocycles. The van der Waals surface area contributed by atoms with E-state index in [0.29, 0.717) is 22.4 Å². The summed E-state index contributed by atoms with van der Waals surface area (Å²) in [5.74, 6) is 0.136. The Morgan fingerprint density at radius 1 is 1.35 bits per heavy atom. The van der Waals surface area contributed by atoms with Crippen molar-refractivity contribution in [2.45, 2.75) is 24.7 Å². The maximum absolute atomic E-state index is 12.7. The largest absolute Gasteiger partial charge is 0.379 e. The Kier molecular flexibility index (Phi) is 6.35. The van der Waals surface area contributed by atoms with E-state index in [-0.39, 0.29) is 17.4 Å². The van der Waals surface area contributed by atoms with Crippen molar-refractivity contribution >= 4 is 18.1 Å². The third-order valence-electron chi connectivity index (χ3n) is 5.76. The van der Waals surface area contributed by atoms with Crippen molar-refractivity contribution in [3.63, 3.8) is 0 Å². The number of alkyl halides is 2. The Hall–Kier alpha value is -4.15. The molecule has 2 heterocycles. The Morgan fingerprint density at radius 3 is 2.79 bits per heavy atom. The van der Waals surface area contributed by atoms with E-state index in [2.05, 4.69) is 32.0 Å². The molecule has 0 saturated heterocycles. The molecule has 4 rings (SSSR count). The number of nitrogens with zero attached hydrogens (tertiary/aromatic N) is 3. The summed E-state index contributed by atoms with van der Waals surface area (Å²) < 4.78 is 26.9. The molecule has 34 heavy (non-hydrogen) atoms. The van der Waals surface area contributed by atoms with Gasteiger partial charge in [-0.25, -0.2) is 18.3 Å². The minimum atomic E-state index is -2.51. The van der Waals surface area contributed by atoms with Gasteiger partial charge in [-0.2, -0.15) is 5.10 Å². The number of aromatic nitrogens is 4. The van der Waals surface area contributed by atoms with E-state index in [1.165, 1.54) is 17.1 Å². The topological polar surface area (TPSA) is 132 Å². The number of nitrogens with one attached hydrogen (secondary N) is 4. The lowest BCUT2D eigenvalue weighted by molar-refractivity contribution is 0.163. The van der Waals surface area contributed by atoms with Crippen LogP contribution in [0.4, 0.5) is 14.5 Å². The molecule has 0 aliphatic heterocycles. The summed E-state index contributed by atoms with van der Waals surface area (Å²) in [7, 11) is 1.63. The molecule has 176 valence electrons. The van der Waals surface area contributed by atoms with Gasteiger partial charge in [0.1, 0.15) is 0 Å². The summed E-state index contributed by atoms with van der Waals surface area (Å²) in [5, 5.41) is 14.7. The molecule has 2 atom stereocenters. The number of benzene rings is 1. The molecule has 0 radical (unpaired) electrons. The predicted octanol–water partition coefficient (Wildman–Crippen LogP) is 2.50. The van der Waals surface area contributed by atoms with Crippen molar-refractivity contribution in [1.82, 2.24) is 19.7 Å². The van der Waals surface area contributed by atoms with Gasteiger partial charge in [0.25, 0.3) is 12.0 Å². The van der Waals surface area contributed by atoms with Crippen LogP contribution >= 0.6 is 0 Å². The summed E-state index contributed by atoms with van der Waals surface area (Å²) in [6, 6.07) is 7.19. The van der Waals surface area contributed by atoms with Gasteiger partial charge in [-0.3, -0.25) is 14.8 Å². The highest BCUT2D eigenvalue weighted by Gasteiger charge is 2.41. The number of rotatable bonds is 8. The Bertz CT molecular complexity index is 1440. The molecular formula is C23H23F2N7O2. The van der Waals surface area contributed by atoms with Crippen molar-refractivity contribution in [1.29, 1.82) is 5.41 Å². The van der Waals surface area contributed by atoms with Crippen LogP contribution in [-0.2, 0) is 0 Å². The molecule has 1 unspecified atom stereocenters. The van der Waals surface area contributed by atoms with Gasteiger partial charge < -0.3 is 15.7 Å². The Morgan fingerprint density at radius 2 is 2.15 bits per heavy atom. The van der Waals surface area contributed by atoms with Gasteiger partial charge in [0.05, 0.1) is 17.8 Å². The third-order valence-corrected chi connectivity index (χ3v) is 5.76. The zero-order valence-electron chi connectivity index (χ0n) is 18.3. The van der Waals surface area contributed by atoms with Gasteiger partial charge in [-0.1, -0.05) is 18.7 Å². The highest BCUT2D eigenvalue weighted by Crippen LogP contribution is 2.54. The van der Waals surface area contributed by atoms with Gasteiger partial charge in [-0.15, -0.1) is 0 Å². The summed E-state index contributed by atoms with van der Waals surface area (Å²) in [4.78, 5) is 32.7. The molecule has 4 N–H and O–H groups in total. The van der Waals surface area contributed by atoms with Crippen molar-refractivity contribution in [3.05, 3.63) is 80.1 Å². The highest BCUT2D eigenvalue weighted by molar-refractivity contribution is 5.86. The van der Waals surface area contributed by atoms with Crippen LogP contribution in [0, 0.1) is 5.41 Å². The Labute approximate surface area is 192 Å². The van der Waals surface area contributed by atoms with Crippen molar-refractivity contribution in [2.75, 3.05) is 18.9 Å². The third kappa shape index (κ3) is 4.49. The fourth-order valence-electron chi connectivity index (χ4n) is 4.08. The number of hydrogen-bond acceptors (Lipinski definition) is 6. The van der Waals surface area contributed by atoms with Crippen LogP contribution in [0.1, 0.15) is 34.9 Å². The van der Waals surface area contributed by atoms with Gasteiger partial charge in [0.15, 0.2) is 5.49 Å². The fraction of sp³-hybridized carbons (Fsp3) is 0.261. The number of halogens is 2. The van der Waals surface area contributed by atoms with E-state index in [4.69, 9.17) is 5.41 Å². The van der Waals surface area contributed by atoms with Crippen LogP contribution in [0.2, 0.25) is 0 Å². The highest BCUT2D eigenvalue weighted by atomic mass is 19.3. The lowest BCUT2D eigenvalue weighted by atomic mass is 10.0. The predicted molar refractivity (Wildman–Crippen MR) is 126 cm³/mol. The molecule has 0 amide bonds.